The molecule has 1 aromatic carbocycles. The third kappa shape index (κ3) is 3.64. The molecule has 0 aliphatic carbocycles. The topological polar surface area (TPSA) is 94.5 Å². The molecule has 3 heterocycles. The summed E-state index contributed by atoms with van der Waals surface area (Å²) in [7, 11) is 0. The molecule has 0 bridgehead atoms. The Morgan fingerprint density at radius 2 is 1.93 bits per heavy atom. The quantitative estimate of drug-likeness (QED) is 0.716. The van der Waals surface area contributed by atoms with Gasteiger partial charge in [-0.25, -0.2) is 14.2 Å². The lowest BCUT2D eigenvalue weighted by atomic mass is 10.1. The molecule has 1 fully saturated rings. The second-order valence-electron chi connectivity index (χ2n) is 6.50. The van der Waals surface area contributed by atoms with Gasteiger partial charge in [-0.2, -0.15) is 0 Å². The van der Waals surface area contributed by atoms with Crippen LogP contribution in [0.3, 0.4) is 0 Å². The fraction of sp³-hybridized carbons (Fsp3) is 0.263. The van der Waals surface area contributed by atoms with Crippen LogP contribution in [0.25, 0.3) is 11.0 Å². The molecule has 144 valence electrons. The Labute approximate surface area is 160 Å². The van der Waals surface area contributed by atoms with Gasteiger partial charge >= 0.3 is 6.09 Å². The number of nitrogens with one attached hydrogen (secondary N) is 1. The van der Waals surface area contributed by atoms with Gasteiger partial charge in [-0.15, -0.1) is 0 Å². The molecule has 0 spiro atoms. The minimum absolute atomic E-state index is 0.254. The van der Waals surface area contributed by atoms with Crippen molar-refractivity contribution in [3.8, 4) is 0 Å². The van der Waals surface area contributed by atoms with Gasteiger partial charge < -0.3 is 20.2 Å². The zero-order valence-electron chi connectivity index (χ0n) is 15.0. The standard InChI is InChI=1S/C19H19FN6O2/c20-14-9-13(10-15-18(14)23-4-3-22-15)11-24-16-12-21-2-1-17(16)25-5-7-26(8-6-25)19(27)28/h1-4,9-10,12,24H,5-8,11H2,(H,27,28). The van der Waals surface area contributed by atoms with Gasteiger partial charge in [0.1, 0.15) is 5.52 Å². The Bertz CT molecular complexity index is 1010. The third-order valence-corrected chi connectivity index (χ3v) is 4.76. The Morgan fingerprint density at radius 3 is 2.71 bits per heavy atom. The molecule has 2 N–H and O–H groups in total. The molecule has 3 aromatic rings. The Balaban J connectivity index is 1.50. The summed E-state index contributed by atoms with van der Waals surface area (Å²) >= 11 is 0. The van der Waals surface area contributed by atoms with Crippen molar-refractivity contribution in [1.82, 2.24) is 19.9 Å². The number of aromatic nitrogens is 3. The first-order chi connectivity index (χ1) is 13.6. The molecule has 0 saturated carbocycles. The van der Waals surface area contributed by atoms with Crippen molar-refractivity contribution in [2.45, 2.75) is 6.54 Å². The van der Waals surface area contributed by atoms with E-state index >= 15 is 0 Å². The smallest absolute Gasteiger partial charge is 0.407 e. The lowest BCUT2D eigenvalue weighted by Gasteiger charge is -2.35. The number of pyridine rings is 1. The van der Waals surface area contributed by atoms with Crippen LogP contribution in [0.2, 0.25) is 0 Å². The average molecular weight is 382 g/mol. The highest BCUT2D eigenvalue weighted by molar-refractivity contribution is 5.75. The van der Waals surface area contributed by atoms with E-state index in [4.69, 9.17) is 5.11 Å². The van der Waals surface area contributed by atoms with E-state index in [1.54, 1.807) is 18.5 Å². The molecular weight excluding hydrogens is 363 g/mol. The molecule has 28 heavy (non-hydrogen) atoms. The van der Waals surface area contributed by atoms with E-state index < -0.39 is 11.9 Å². The number of nitrogens with zero attached hydrogens (tertiary/aromatic N) is 5. The van der Waals surface area contributed by atoms with Crippen LogP contribution in [0.5, 0.6) is 0 Å². The SMILES string of the molecule is O=C(O)N1CCN(c2ccncc2NCc2cc(F)c3nccnc3c2)CC1. The number of benzene rings is 1. The Hall–Kier alpha value is -3.49. The van der Waals surface area contributed by atoms with Crippen molar-refractivity contribution in [3.63, 3.8) is 0 Å². The van der Waals surface area contributed by atoms with Gasteiger partial charge in [0.15, 0.2) is 5.82 Å². The van der Waals surface area contributed by atoms with Crippen LogP contribution in [-0.4, -0.2) is 57.2 Å². The molecule has 0 radical (unpaired) electrons. The van der Waals surface area contributed by atoms with E-state index in [-0.39, 0.29) is 5.52 Å². The van der Waals surface area contributed by atoms with Crippen molar-refractivity contribution in [1.29, 1.82) is 0 Å². The van der Waals surface area contributed by atoms with Crippen molar-refractivity contribution in [2.75, 3.05) is 36.4 Å². The van der Waals surface area contributed by atoms with Gasteiger partial charge in [-0.3, -0.25) is 9.97 Å². The monoisotopic (exact) mass is 382 g/mol. The molecular formula is C19H19FN6O2. The third-order valence-electron chi connectivity index (χ3n) is 4.76. The predicted octanol–water partition coefficient (Wildman–Crippen LogP) is 2.58. The minimum Gasteiger partial charge on any atom is -0.465 e. The minimum atomic E-state index is -0.894. The number of amides is 1. The molecule has 0 unspecified atom stereocenters. The highest BCUT2D eigenvalue weighted by Gasteiger charge is 2.22. The number of halogens is 1. The van der Waals surface area contributed by atoms with Crippen LogP contribution in [0.4, 0.5) is 20.6 Å². The molecule has 1 amide bonds. The number of rotatable bonds is 4. The number of piperazine rings is 1. The zero-order chi connectivity index (χ0) is 19.5. The van der Waals surface area contributed by atoms with E-state index in [1.165, 1.54) is 23.4 Å². The van der Waals surface area contributed by atoms with Gasteiger partial charge in [-0.1, -0.05) is 0 Å². The zero-order valence-corrected chi connectivity index (χ0v) is 15.0. The number of anilines is 2. The molecule has 8 nitrogen and oxygen atoms in total. The summed E-state index contributed by atoms with van der Waals surface area (Å²) in [4.78, 5) is 27.0. The lowest BCUT2D eigenvalue weighted by molar-refractivity contribution is 0.142. The number of hydrogen-bond donors (Lipinski definition) is 2. The van der Waals surface area contributed by atoms with Crippen LogP contribution in [-0.2, 0) is 6.54 Å². The van der Waals surface area contributed by atoms with E-state index in [0.717, 1.165) is 16.9 Å². The van der Waals surface area contributed by atoms with Gasteiger partial charge in [0.25, 0.3) is 0 Å². The summed E-state index contributed by atoms with van der Waals surface area (Å²) in [6, 6.07) is 5.15. The summed E-state index contributed by atoms with van der Waals surface area (Å²) < 4.78 is 14.2. The van der Waals surface area contributed by atoms with E-state index in [2.05, 4.69) is 25.2 Å². The largest absolute Gasteiger partial charge is 0.465 e. The molecule has 0 atom stereocenters. The van der Waals surface area contributed by atoms with E-state index in [1.807, 2.05) is 6.07 Å². The second-order valence-corrected chi connectivity index (χ2v) is 6.50. The maximum Gasteiger partial charge on any atom is 0.407 e. The maximum absolute atomic E-state index is 14.2. The summed E-state index contributed by atoms with van der Waals surface area (Å²) in [5.74, 6) is -0.404. The van der Waals surface area contributed by atoms with Crippen LogP contribution in [0.15, 0.2) is 43.0 Å². The molecule has 2 aromatic heterocycles. The maximum atomic E-state index is 14.2. The highest BCUT2D eigenvalue weighted by atomic mass is 19.1. The number of fused-ring (bicyclic) bond motifs is 1. The number of carbonyl (C=O) groups is 1. The van der Waals surface area contributed by atoms with Crippen LogP contribution in [0.1, 0.15) is 5.56 Å². The lowest BCUT2D eigenvalue weighted by Crippen LogP contribution is -2.48. The first-order valence-electron chi connectivity index (χ1n) is 8.91. The molecule has 1 aliphatic heterocycles. The first kappa shape index (κ1) is 17.9. The van der Waals surface area contributed by atoms with Crippen LogP contribution in [0, 0.1) is 5.82 Å². The van der Waals surface area contributed by atoms with Crippen molar-refractivity contribution < 1.29 is 14.3 Å². The summed E-state index contributed by atoms with van der Waals surface area (Å²) in [5, 5.41) is 12.4. The van der Waals surface area contributed by atoms with Crippen LogP contribution < -0.4 is 10.2 Å². The van der Waals surface area contributed by atoms with Crippen molar-refractivity contribution in [3.05, 3.63) is 54.4 Å². The van der Waals surface area contributed by atoms with Crippen molar-refractivity contribution in [2.24, 2.45) is 0 Å². The Kier molecular flexibility index (Phi) is 4.88. The fourth-order valence-corrected chi connectivity index (χ4v) is 3.32. The summed E-state index contributed by atoms with van der Waals surface area (Å²) in [5.41, 5.74) is 3.27. The van der Waals surface area contributed by atoms with E-state index in [0.29, 0.717) is 38.2 Å². The molecule has 1 aliphatic rings. The average Bonchev–Trinajstić information content (AvgIpc) is 2.72. The number of carboxylic acid groups (broad SMARTS) is 1. The van der Waals surface area contributed by atoms with Gasteiger partial charge in [0, 0.05) is 51.3 Å². The highest BCUT2D eigenvalue weighted by Crippen LogP contribution is 2.26. The molecule has 9 heteroatoms. The predicted molar refractivity (Wildman–Crippen MR) is 103 cm³/mol. The van der Waals surface area contributed by atoms with Crippen LogP contribution >= 0.6 is 0 Å². The summed E-state index contributed by atoms with van der Waals surface area (Å²) in [6.07, 6.45) is 5.53. The van der Waals surface area contributed by atoms with Gasteiger partial charge in [0.05, 0.1) is 23.1 Å². The fourth-order valence-electron chi connectivity index (χ4n) is 3.32. The number of hydrogen-bond acceptors (Lipinski definition) is 6. The Morgan fingerprint density at radius 1 is 1.14 bits per heavy atom. The van der Waals surface area contributed by atoms with Crippen molar-refractivity contribution >= 4 is 28.5 Å². The van der Waals surface area contributed by atoms with Gasteiger partial charge in [0.2, 0.25) is 0 Å². The molecule has 4 rings (SSSR count). The normalized spacial score (nSPS) is 14.3. The van der Waals surface area contributed by atoms with E-state index in [9.17, 15) is 9.18 Å². The molecule has 1 saturated heterocycles. The van der Waals surface area contributed by atoms with Gasteiger partial charge in [-0.05, 0) is 23.8 Å². The summed E-state index contributed by atoms with van der Waals surface area (Å²) in [6.45, 7) is 2.50. The first-order valence-corrected chi connectivity index (χ1v) is 8.91. The second kappa shape index (κ2) is 7.63.